The first-order valence-electron chi connectivity index (χ1n) is 8.05. The molecule has 0 saturated heterocycles. The summed E-state index contributed by atoms with van der Waals surface area (Å²) in [5.74, 6) is -0.887. The van der Waals surface area contributed by atoms with Gasteiger partial charge in [-0.25, -0.2) is 4.79 Å². The number of hydrogen-bond acceptors (Lipinski definition) is 4. The highest BCUT2D eigenvalue weighted by Gasteiger charge is 2.24. The molecule has 25 heavy (non-hydrogen) atoms. The SMILES string of the molecule is CCC(=NNc1cccc(C(=O)O)c1)c1ccc2c(c1)CC(=O)N2C. The lowest BCUT2D eigenvalue weighted by Crippen LogP contribution is -2.20. The lowest BCUT2D eigenvalue weighted by Gasteiger charge is -2.11. The maximum atomic E-state index is 11.8. The number of hydrogen-bond donors (Lipinski definition) is 2. The summed E-state index contributed by atoms with van der Waals surface area (Å²) in [4.78, 5) is 24.5. The van der Waals surface area contributed by atoms with Gasteiger partial charge < -0.3 is 10.0 Å². The molecule has 1 heterocycles. The third kappa shape index (κ3) is 3.38. The van der Waals surface area contributed by atoms with Crippen molar-refractivity contribution in [1.82, 2.24) is 0 Å². The molecule has 0 fully saturated rings. The number of aromatic carboxylic acids is 1. The van der Waals surface area contributed by atoms with Crippen LogP contribution < -0.4 is 10.3 Å². The zero-order valence-electron chi connectivity index (χ0n) is 14.1. The topological polar surface area (TPSA) is 82.0 Å². The Morgan fingerprint density at radius 3 is 2.76 bits per heavy atom. The van der Waals surface area contributed by atoms with Gasteiger partial charge in [-0.15, -0.1) is 0 Å². The van der Waals surface area contributed by atoms with Crippen molar-refractivity contribution in [2.45, 2.75) is 19.8 Å². The van der Waals surface area contributed by atoms with Crippen molar-refractivity contribution in [3.8, 4) is 0 Å². The van der Waals surface area contributed by atoms with Gasteiger partial charge in [0.2, 0.25) is 5.91 Å². The molecule has 1 aliphatic rings. The van der Waals surface area contributed by atoms with Crippen LogP contribution in [0.3, 0.4) is 0 Å². The van der Waals surface area contributed by atoms with Crippen LogP contribution in [0.25, 0.3) is 0 Å². The number of anilines is 2. The standard InChI is InChI=1S/C19H19N3O3/c1-3-16(21-20-15-6-4-5-13(10-15)19(24)25)12-7-8-17-14(9-12)11-18(23)22(17)2/h4-10,20H,3,11H2,1-2H3,(H,24,25). The molecule has 2 N–H and O–H groups in total. The summed E-state index contributed by atoms with van der Waals surface area (Å²) >= 11 is 0. The lowest BCUT2D eigenvalue weighted by atomic mass is 10.0. The quantitative estimate of drug-likeness (QED) is 0.649. The molecular formula is C19H19N3O3. The number of nitrogens with zero attached hydrogens (tertiary/aromatic N) is 2. The summed E-state index contributed by atoms with van der Waals surface area (Å²) in [5, 5.41) is 13.5. The van der Waals surface area contributed by atoms with Gasteiger partial charge in [0.15, 0.2) is 0 Å². The first kappa shape index (κ1) is 16.7. The number of hydrazone groups is 1. The Kier molecular flexibility index (Phi) is 4.52. The first-order chi connectivity index (χ1) is 12.0. The third-order valence-electron chi connectivity index (χ3n) is 4.25. The van der Waals surface area contributed by atoms with Crippen molar-refractivity contribution in [1.29, 1.82) is 0 Å². The Labute approximate surface area is 145 Å². The summed E-state index contributed by atoms with van der Waals surface area (Å²) in [5.41, 5.74) is 7.46. The van der Waals surface area contributed by atoms with Crippen molar-refractivity contribution in [3.63, 3.8) is 0 Å². The highest BCUT2D eigenvalue weighted by atomic mass is 16.4. The maximum Gasteiger partial charge on any atom is 0.335 e. The molecule has 0 aliphatic carbocycles. The molecule has 6 nitrogen and oxygen atoms in total. The molecule has 6 heteroatoms. The van der Waals surface area contributed by atoms with Crippen LogP contribution in [0.2, 0.25) is 0 Å². The summed E-state index contributed by atoms with van der Waals surface area (Å²) in [7, 11) is 1.78. The van der Waals surface area contributed by atoms with Gasteiger partial charge in [-0.05, 0) is 47.9 Å². The van der Waals surface area contributed by atoms with Gasteiger partial charge in [0.05, 0.1) is 23.4 Å². The predicted octanol–water partition coefficient (Wildman–Crippen LogP) is 3.13. The smallest absolute Gasteiger partial charge is 0.335 e. The van der Waals surface area contributed by atoms with Crippen molar-refractivity contribution in [2.75, 3.05) is 17.4 Å². The van der Waals surface area contributed by atoms with E-state index in [-0.39, 0.29) is 11.5 Å². The Morgan fingerprint density at radius 1 is 1.24 bits per heavy atom. The first-order valence-corrected chi connectivity index (χ1v) is 8.05. The van der Waals surface area contributed by atoms with E-state index in [9.17, 15) is 9.59 Å². The highest BCUT2D eigenvalue weighted by Crippen LogP contribution is 2.28. The van der Waals surface area contributed by atoms with Gasteiger partial charge in [0.1, 0.15) is 0 Å². The Morgan fingerprint density at radius 2 is 2.04 bits per heavy atom. The molecule has 0 radical (unpaired) electrons. The van der Waals surface area contributed by atoms with Gasteiger partial charge in [-0.3, -0.25) is 10.2 Å². The Bertz CT molecular complexity index is 874. The van der Waals surface area contributed by atoms with E-state index in [4.69, 9.17) is 5.11 Å². The second-order valence-corrected chi connectivity index (χ2v) is 5.88. The lowest BCUT2D eigenvalue weighted by molar-refractivity contribution is -0.117. The van der Waals surface area contributed by atoms with E-state index >= 15 is 0 Å². The van der Waals surface area contributed by atoms with Crippen molar-refractivity contribution >= 4 is 29.0 Å². The van der Waals surface area contributed by atoms with E-state index in [0.717, 1.165) is 22.5 Å². The van der Waals surface area contributed by atoms with Gasteiger partial charge in [0, 0.05) is 12.7 Å². The second-order valence-electron chi connectivity index (χ2n) is 5.88. The van der Waals surface area contributed by atoms with Gasteiger partial charge in [-0.1, -0.05) is 19.1 Å². The van der Waals surface area contributed by atoms with Crippen LogP contribution in [0.5, 0.6) is 0 Å². The molecule has 2 aromatic carbocycles. The fraction of sp³-hybridized carbons (Fsp3) is 0.211. The van der Waals surface area contributed by atoms with Crippen LogP contribution in [0.1, 0.15) is 34.8 Å². The number of nitrogens with one attached hydrogen (secondary N) is 1. The fourth-order valence-electron chi connectivity index (χ4n) is 2.85. The second kappa shape index (κ2) is 6.76. The van der Waals surface area contributed by atoms with Crippen LogP contribution in [0.4, 0.5) is 11.4 Å². The number of benzene rings is 2. The Balaban J connectivity index is 1.84. The molecule has 1 aliphatic heterocycles. The van der Waals surface area contributed by atoms with Gasteiger partial charge >= 0.3 is 5.97 Å². The van der Waals surface area contributed by atoms with Crippen molar-refractivity contribution in [2.24, 2.45) is 5.10 Å². The van der Waals surface area contributed by atoms with E-state index in [1.807, 2.05) is 25.1 Å². The normalized spacial score (nSPS) is 13.8. The zero-order chi connectivity index (χ0) is 18.0. The van der Waals surface area contributed by atoms with Crippen LogP contribution in [-0.2, 0) is 11.2 Å². The number of carboxylic acid groups (broad SMARTS) is 1. The van der Waals surface area contributed by atoms with Crippen molar-refractivity contribution in [3.05, 3.63) is 59.2 Å². The largest absolute Gasteiger partial charge is 0.478 e. The Hall–Kier alpha value is -3.15. The number of carbonyl (C=O) groups excluding carboxylic acids is 1. The van der Waals surface area contributed by atoms with Gasteiger partial charge in [-0.2, -0.15) is 5.10 Å². The van der Waals surface area contributed by atoms with E-state index < -0.39 is 5.97 Å². The molecular weight excluding hydrogens is 318 g/mol. The third-order valence-corrected chi connectivity index (χ3v) is 4.25. The molecule has 0 atom stereocenters. The molecule has 2 aromatic rings. The molecule has 0 saturated carbocycles. The van der Waals surface area contributed by atoms with Crippen LogP contribution in [0.15, 0.2) is 47.6 Å². The van der Waals surface area contributed by atoms with Crippen LogP contribution >= 0.6 is 0 Å². The number of carboxylic acids is 1. The number of carbonyl (C=O) groups is 2. The average Bonchev–Trinajstić information content (AvgIpc) is 2.89. The number of rotatable bonds is 5. The summed E-state index contributed by atoms with van der Waals surface area (Å²) in [6.07, 6.45) is 1.11. The van der Waals surface area contributed by atoms with E-state index in [1.165, 1.54) is 12.1 Å². The molecule has 0 aromatic heterocycles. The number of likely N-dealkylation sites (N-methyl/N-ethyl adjacent to an activating group) is 1. The summed E-state index contributed by atoms with van der Waals surface area (Å²) < 4.78 is 0. The summed E-state index contributed by atoms with van der Waals surface area (Å²) in [6, 6.07) is 12.4. The summed E-state index contributed by atoms with van der Waals surface area (Å²) in [6.45, 7) is 2.00. The fourth-order valence-corrected chi connectivity index (χ4v) is 2.85. The van der Waals surface area contributed by atoms with E-state index in [1.54, 1.807) is 24.1 Å². The highest BCUT2D eigenvalue weighted by molar-refractivity contribution is 6.05. The number of fused-ring (bicyclic) bond motifs is 1. The minimum Gasteiger partial charge on any atom is -0.478 e. The maximum absolute atomic E-state index is 11.8. The monoisotopic (exact) mass is 337 g/mol. The van der Waals surface area contributed by atoms with Crippen LogP contribution in [0, 0.1) is 0 Å². The van der Waals surface area contributed by atoms with Gasteiger partial charge in [0.25, 0.3) is 0 Å². The molecule has 0 spiro atoms. The minimum atomic E-state index is -0.976. The predicted molar refractivity (Wildman–Crippen MR) is 97.4 cm³/mol. The molecule has 1 amide bonds. The van der Waals surface area contributed by atoms with E-state index in [0.29, 0.717) is 18.5 Å². The van der Waals surface area contributed by atoms with Crippen LogP contribution in [-0.4, -0.2) is 29.7 Å². The number of amides is 1. The molecule has 0 unspecified atom stereocenters. The molecule has 3 rings (SSSR count). The average molecular weight is 337 g/mol. The molecule has 128 valence electrons. The van der Waals surface area contributed by atoms with E-state index in [2.05, 4.69) is 10.5 Å². The molecule has 0 bridgehead atoms. The zero-order valence-corrected chi connectivity index (χ0v) is 14.1. The minimum absolute atomic E-state index is 0.0887. The van der Waals surface area contributed by atoms with Crippen molar-refractivity contribution < 1.29 is 14.7 Å².